The molecule has 1 N–H and O–H groups in total. The van der Waals surface area contributed by atoms with Gasteiger partial charge in [0.15, 0.2) is 0 Å². The maximum Gasteiger partial charge on any atom is 0.126 e. The first-order valence-electron chi connectivity index (χ1n) is 5.63. The molecule has 90 valence electrons. The molecular formula is C13H20FNO. The summed E-state index contributed by atoms with van der Waals surface area (Å²) in [5.74, 6) is 0.0217. The third-order valence-electron chi connectivity index (χ3n) is 2.92. The molecule has 0 aliphatic heterocycles. The molecule has 3 heteroatoms. The fraction of sp³-hybridized carbons (Fsp3) is 0.538. The van der Waals surface area contributed by atoms with Crippen LogP contribution in [0, 0.1) is 5.82 Å². The lowest BCUT2D eigenvalue weighted by Gasteiger charge is -2.22. The lowest BCUT2D eigenvalue weighted by molar-refractivity contribution is 0.195. The van der Waals surface area contributed by atoms with E-state index in [1.165, 1.54) is 6.07 Å². The molecule has 16 heavy (non-hydrogen) atoms. The Morgan fingerprint density at radius 2 is 2.00 bits per heavy atom. The van der Waals surface area contributed by atoms with Crippen molar-refractivity contribution in [2.45, 2.75) is 25.8 Å². The summed E-state index contributed by atoms with van der Waals surface area (Å²) in [6.07, 6.45) is 0. The third-order valence-corrected chi connectivity index (χ3v) is 2.92. The summed E-state index contributed by atoms with van der Waals surface area (Å²) in [5.41, 5.74) is 0.764. The molecule has 0 fully saturated rings. The quantitative estimate of drug-likeness (QED) is 0.751. The Balaban J connectivity index is 2.56. The monoisotopic (exact) mass is 225 g/mol. The molecule has 2 unspecified atom stereocenters. The molecule has 0 radical (unpaired) electrons. The van der Waals surface area contributed by atoms with Crippen molar-refractivity contribution in [3.63, 3.8) is 0 Å². The van der Waals surface area contributed by atoms with Crippen LogP contribution in [0.15, 0.2) is 24.3 Å². The van der Waals surface area contributed by atoms with Gasteiger partial charge in [-0.2, -0.15) is 0 Å². The van der Waals surface area contributed by atoms with Gasteiger partial charge in [-0.25, -0.2) is 4.39 Å². The standard InChI is InChI=1S/C13H20FNO/c1-10(11(2)15-8-9-16-3)12-6-4-5-7-13(12)14/h4-7,10-11,15H,8-9H2,1-3H3. The molecule has 1 aromatic carbocycles. The molecule has 0 saturated heterocycles. The molecule has 0 saturated carbocycles. The Kier molecular flexibility index (Phi) is 5.43. The molecule has 1 aromatic rings. The Hall–Kier alpha value is -0.930. The van der Waals surface area contributed by atoms with Crippen LogP contribution in [0.3, 0.4) is 0 Å². The summed E-state index contributed by atoms with van der Waals surface area (Å²) in [6.45, 7) is 5.56. The average Bonchev–Trinajstić information content (AvgIpc) is 2.29. The van der Waals surface area contributed by atoms with Crippen molar-refractivity contribution in [2.75, 3.05) is 20.3 Å². The van der Waals surface area contributed by atoms with Gasteiger partial charge < -0.3 is 10.1 Å². The van der Waals surface area contributed by atoms with Gasteiger partial charge in [0.05, 0.1) is 6.61 Å². The second kappa shape index (κ2) is 6.61. The second-order valence-corrected chi connectivity index (χ2v) is 4.05. The van der Waals surface area contributed by atoms with Crippen LogP contribution in [0.5, 0.6) is 0 Å². The summed E-state index contributed by atoms with van der Waals surface area (Å²) in [5, 5.41) is 3.32. The van der Waals surface area contributed by atoms with E-state index in [9.17, 15) is 4.39 Å². The normalized spacial score (nSPS) is 14.8. The van der Waals surface area contributed by atoms with Gasteiger partial charge in [-0.3, -0.25) is 0 Å². The zero-order valence-electron chi connectivity index (χ0n) is 10.2. The van der Waals surface area contributed by atoms with Gasteiger partial charge in [0, 0.05) is 19.7 Å². The van der Waals surface area contributed by atoms with E-state index in [1.54, 1.807) is 13.2 Å². The first-order valence-corrected chi connectivity index (χ1v) is 5.63. The van der Waals surface area contributed by atoms with Crippen molar-refractivity contribution < 1.29 is 9.13 Å². The number of rotatable bonds is 6. The van der Waals surface area contributed by atoms with Crippen molar-refractivity contribution in [1.82, 2.24) is 5.32 Å². The predicted molar refractivity (Wildman–Crippen MR) is 64.2 cm³/mol. The van der Waals surface area contributed by atoms with Crippen LogP contribution in [0.2, 0.25) is 0 Å². The minimum atomic E-state index is -0.129. The molecular weight excluding hydrogens is 205 g/mol. The van der Waals surface area contributed by atoms with Crippen LogP contribution in [0.1, 0.15) is 25.3 Å². The number of nitrogens with one attached hydrogen (secondary N) is 1. The zero-order chi connectivity index (χ0) is 12.0. The minimum absolute atomic E-state index is 0.129. The Morgan fingerprint density at radius 3 is 2.62 bits per heavy atom. The van der Waals surface area contributed by atoms with Gasteiger partial charge in [-0.05, 0) is 24.5 Å². The molecule has 0 heterocycles. The number of ether oxygens (including phenoxy) is 1. The van der Waals surface area contributed by atoms with Crippen LogP contribution in [0.4, 0.5) is 4.39 Å². The summed E-state index contributed by atoms with van der Waals surface area (Å²) < 4.78 is 18.5. The molecule has 0 spiro atoms. The zero-order valence-corrected chi connectivity index (χ0v) is 10.2. The van der Waals surface area contributed by atoms with E-state index in [1.807, 2.05) is 19.1 Å². The fourth-order valence-corrected chi connectivity index (χ4v) is 1.68. The van der Waals surface area contributed by atoms with Crippen molar-refractivity contribution >= 4 is 0 Å². The highest BCUT2D eigenvalue weighted by atomic mass is 19.1. The number of halogens is 1. The molecule has 0 bridgehead atoms. The van der Waals surface area contributed by atoms with Gasteiger partial charge in [-0.15, -0.1) is 0 Å². The highest BCUT2D eigenvalue weighted by Crippen LogP contribution is 2.21. The van der Waals surface area contributed by atoms with E-state index in [0.29, 0.717) is 6.61 Å². The van der Waals surface area contributed by atoms with Crippen LogP contribution < -0.4 is 5.32 Å². The fourth-order valence-electron chi connectivity index (χ4n) is 1.68. The predicted octanol–water partition coefficient (Wildman–Crippen LogP) is 2.55. The lowest BCUT2D eigenvalue weighted by Crippen LogP contribution is -2.33. The van der Waals surface area contributed by atoms with Gasteiger partial charge >= 0.3 is 0 Å². The Morgan fingerprint density at radius 1 is 1.31 bits per heavy atom. The van der Waals surface area contributed by atoms with E-state index >= 15 is 0 Å². The van der Waals surface area contributed by atoms with Gasteiger partial charge in [0.1, 0.15) is 5.82 Å². The topological polar surface area (TPSA) is 21.3 Å². The van der Waals surface area contributed by atoms with Crippen molar-refractivity contribution in [3.8, 4) is 0 Å². The lowest BCUT2D eigenvalue weighted by atomic mass is 9.94. The molecule has 0 aliphatic rings. The maximum atomic E-state index is 13.5. The van der Waals surface area contributed by atoms with E-state index in [-0.39, 0.29) is 17.8 Å². The molecule has 0 aromatic heterocycles. The molecule has 2 atom stereocenters. The maximum absolute atomic E-state index is 13.5. The summed E-state index contributed by atoms with van der Waals surface area (Å²) in [7, 11) is 1.67. The summed E-state index contributed by atoms with van der Waals surface area (Å²) in [6, 6.07) is 7.17. The summed E-state index contributed by atoms with van der Waals surface area (Å²) in [4.78, 5) is 0. The largest absolute Gasteiger partial charge is 0.383 e. The number of benzene rings is 1. The Labute approximate surface area is 96.8 Å². The first kappa shape index (κ1) is 13.1. The van der Waals surface area contributed by atoms with E-state index in [0.717, 1.165) is 12.1 Å². The number of hydrogen-bond acceptors (Lipinski definition) is 2. The van der Waals surface area contributed by atoms with Crippen LogP contribution in [0.25, 0.3) is 0 Å². The average molecular weight is 225 g/mol. The molecule has 1 rings (SSSR count). The van der Waals surface area contributed by atoms with Crippen LogP contribution in [-0.4, -0.2) is 26.3 Å². The Bertz CT molecular complexity index is 317. The van der Waals surface area contributed by atoms with E-state index in [4.69, 9.17) is 4.74 Å². The molecule has 0 aliphatic carbocycles. The highest BCUT2D eigenvalue weighted by molar-refractivity contribution is 5.22. The third kappa shape index (κ3) is 3.58. The molecule has 0 amide bonds. The first-order chi connectivity index (χ1) is 7.66. The second-order valence-electron chi connectivity index (χ2n) is 4.05. The van der Waals surface area contributed by atoms with Crippen molar-refractivity contribution in [2.24, 2.45) is 0 Å². The number of methoxy groups -OCH3 is 1. The smallest absolute Gasteiger partial charge is 0.126 e. The van der Waals surface area contributed by atoms with Gasteiger partial charge in [-0.1, -0.05) is 25.1 Å². The van der Waals surface area contributed by atoms with Crippen LogP contribution >= 0.6 is 0 Å². The van der Waals surface area contributed by atoms with Crippen molar-refractivity contribution in [3.05, 3.63) is 35.6 Å². The van der Waals surface area contributed by atoms with E-state index in [2.05, 4.69) is 12.2 Å². The van der Waals surface area contributed by atoms with Gasteiger partial charge in [0.2, 0.25) is 0 Å². The SMILES string of the molecule is COCCNC(C)C(C)c1ccccc1F. The number of hydrogen-bond donors (Lipinski definition) is 1. The van der Waals surface area contributed by atoms with E-state index < -0.39 is 0 Å². The highest BCUT2D eigenvalue weighted by Gasteiger charge is 2.16. The van der Waals surface area contributed by atoms with Crippen molar-refractivity contribution in [1.29, 1.82) is 0 Å². The summed E-state index contributed by atoms with van der Waals surface area (Å²) >= 11 is 0. The minimum Gasteiger partial charge on any atom is -0.383 e. The van der Waals surface area contributed by atoms with Crippen LogP contribution in [-0.2, 0) is 4.74 Å². The van der Waals surface area contributed by atoms with Gasteiger partial charge in [0.25, 0.3) is 0 Å². The molecule has 2 nitrogen and oxygen atoms in total.